The van der Waals surface area contributed by atoms with Gasteiger partial charge in [-0.25, -0.2) is 0 Å². The number of hydrogen-bond donors (Lipinski definition) is 0. The largest absolute Gasteiger partial charge is 0.342 e. The van der Waals surface area contributed by atoms with E-state index in [1.54, 1.807) is 12.1 Å². The zero-order valence-electron chi connectivity index (χ0n) is 14.2. The third-order valence-electron chi connectivity index (χ3n) is 5.15. The first kappa shape index (κ1) is 16.6. The predicted molar refractivity (Wildman–Crippen MR) is 88.4 cm³/mol. The fraction of sp³-hybridized carbons (Fsp3) is 0.556. The average molecular weight is 329 g/mol. The van der Waals surface area contributed by atoms with Crippen molar-refractivity contribution in [2.45, 2.75) is 45.6 Å². The van der Waals surface area contributed by atoms with Crippen molar-refractivity contribution in [3.05, 3.63) is 29.6 Å². The van der Waals surface area contributed by atoms with E-state index in [2.05, 4.69) is 4.98 Å². The summed E-state index contributed by atoms with van der Waals surface area (Å²) in [4.78, 5) is 44.7. The van der Waals surface area contributed by atoms with Gasteiger partial charge in [0.05, 0.1) is 5.56 Å². The number of fused-ring (bicyclic) bond motifs is 1. The Morgan fingerprint density at radius 2 is 1.88 bits per heavy atom. The van der Waals surface area contributed by atoms with Crippen molar-refractivity contribution < 1.29 is 14.4 Å². The second-order valence-corrected chi connectivity index (χ2v) is 6.45. The fourth-order valence-electron chi connectivity index (χ4n) is 3.66. The Labute approximate surface area is 141 Å². The van der Waals surface area contributed by atoms with Gasteiger partial charge in [-0.2, -0.15) is 0 Å². The molecular weight excluding hydrogens is 306 g/mol. The van der Waals surface area contributed by atoms with E-state index in [0.717, 1.165) is 12.8 Å². The van der Waals surface area contributed by atoms with Crippen LogP contribution in [-0.4, -0.2) is 51.6 Å². The zero-order valence-corrected chi connectivity index (χ0v) is 14.2. The van der Waals surface area contributed by atoms with E-state index in [9.17, 15) is 14.4 Å². The zero-order chi connectivity index (χ0) is 17.3. The highest BCUT2D eigenvalue weighted by Gasteiger charge is 2.42. The molecule has 0 radical (unpaired) electrons. The average Bonchev–Trinajstić information content (AvgIpc) is 2.87. The highest BCUT2D eigenvalue weighted by molar-refractivity contribution is 6.20. The van der Waals surface area contributed by atoms with Gasteiger partial charge in [-0.3, -0.25) is 24.3 Å². The Morgan fingerprint density at radius 1 is 1.21 bits per heavy atom. The van der Waals surface area contributed by atoms with Gasteiger partial charge in [-0.15, -0.1) is 0 Å². The summed E-state index contributed by atoms with van der Waals surface area (Å²) in [5, 5.41) is 0. The summed E-state index contributed by atoms with van der Waals surface area (Å²) >= 11 is 0. The van der Waals surface area contributed by atoms with E-state index in [1.165, 1.54) is 11.1 Å². The lowest BCUT2D eigenvalue weighted by molar-refractivity contribution is -0.137. The number of rotatable bonds is 4. The van der Waals surface area contributed by atoms with Crippen LogP contribution in [0.25, 0.3) is 0 Å². The van der Waals surface area contributed by atoms with E-state index >= 15 is 0 Å². The number of amides is 3. The number of pyridine rings is 1. The monoisotopic (exact) mass is 329 g/mol. The van der Waals surface area contributed by atoms with Crippen LogP contribution in [0.15, 0.2) is 18.3 Å². The van der Waals surface area contributed by atoms with Gasteiger partial charge in [0, 0.05) is 31.2 Å². The summed E-state index contributed by atoms with van der Waals surface area (Å²) in [6, 6.07) is 3.17. The third-order valence-corrected chi connectivity index (χ3v) is 5.15. The normalized spacial score (nSPS) is 18.5. The second-order valence-electron chi connectivity index (χ2n) is 6.45. The van der Waals surface area contributed by atoms with Crippen LogP contribution in [0.1, 0.15) is 60.4 Å². The van der Waals surface area contributed by atoms with E-state index < -0.39 is 0 Å². The predicted octanol–water partition coefficient (Wildman–Crippen LogP) is 2.10. The van der Waals surface area contributed by atoms with Gasteiger partial charge < -0.3 is 4.90 Å². The number of likely N-dealkylation sites (tertiary alicyclic amines) is 1. The molecule has 0 aliphatic carbocycles. The number of imide groups is 1. The Morgan fingerprint density at radius 3 is 2.46 bits per heavy atom. The number of nitrogens with zero attached hydrogens (tertiary/aromatic N) is 3. The second kappa shape index (κ2) is 6.71. The molecule has 3 amide bonds. The van der Waals surface area contributed by atoms with Crippen molar-refractivity contribution in [3.8, 4) is 0 Å². The molecular formula is C18H23N3O3. The van der Waals surface area contributed by atoms with E-state index in [4.69, 9.17) is 0 Å². The quantitative estimate of drug-likeness (QED) is 0.793. The first-order chi connectivity index (χ1) is 11.6. The van der Waals surface area contributed by atoms with Crippen molar-refractivity contribution in [2.24, 2.45) is 5.92 Å². The van der Waals surface area contributed by atoms with E-state index in [-0.39, 0.29) is 35.4 Å². The SMILES string of the molecule is CCC(CC)C(=O)N1CCC(N2C(=O)c3cccnc3C2=O)CC1. The number of carbonyl (C=O) groups excluding carboxylic acids is 3. The fourth-order valence-corrected chi connectivity index (χ4v) is 3.66. The first-order valence-corrected chi connectivity index (χ1v) is 8.70. The van der Waals surface area contributed by atoms with E-state index in [1.807, 2.05) is 18.7 Å². The van der Waals surface area contributed by atoms with Gasteiger partial charge in [0.15, 0.2) is 0 Å². The molecule has 1 aromatic heterocycles. The topological polar surface area (TPSA) is 70.6 Å². The van der Waals surface area contributed by atoms with Crippen LogP contribution in [0.3, 0.4) is 0 Å². The van der Waals surface area contributed by atoms with Crippen molar-refractivity contribution >= 4 is 17.7 Å². The molecule has 1 saturated heterocycles. The van der Waals surface area contributed by atoms with Crippen molar-refractivity contribution in [2.75, 3.05) is 13.1 Å². The van der Waals surface area contributed by atoms with Crippen LogP contribution in [0, 0.1) is 5.92 Å². The molecule has 0 spiro atoms. The van der Waals surface area contributed by atoms with Crippen molar-refractivity contribution in [1.82, 2.24) is 14.8 Å². The number of hydrogen-bond acceptors (Lipinski definition) is 4. The molecule has 0 saturated carbocycles. The van der Waals surface area contributed by atoms with Gasteiger partial charge in [0.1, 0.15) is 5.69 Å². The Kier molecular flexibility index (Phi) is 4.64. The molecule has 0 N–H and O–H groups in total. The minimum absolute atomic E-state index is 0.0741. The maximum atomic E-state index is 12.5. The van der Waals surface area contributed by atoms with Crippen molar-refractivity contribution in [3.63, 3.8) is 0 Å². The van der Waals surface area contributed by atoms with E-state index in [0.29, 0.717) is 31.5 Å². The van der Waals surface area contributed by atoms with Crippen LogP contribution in [0.2, 0.25) is 0 Å². The standard InChI is InChI=1S/C18H23N3O3/c1-3-12(4-2)16(22)20-10-7-13(8-11-20)21-17(23)14-6-5-9-19-15(14)18(21)24/h5-6,9,12-13H,3-4,7-8,10-11H2,1-2H3. The summed E-state index contributed by atoms with van der Waals surface area (Å²) < 4.78 is 0. The molecule has 0 unspecified atom stereocenters. The van der Waals surface area contributed by atoms with Crippen LogP contribution >= 0.6 is 0 Å². The molecule has 3 rings (SSSR count). The maximum absolute atomic E-state index is 12.5. The summed E-state index contributed by atoms with van der Waals surface area (Å²) in [6.07, 6.45) is 4.50. The lowest BCUT2D eigenvalue weighted by Crippen LogP contribution is -2.49. The highest BCUT2D eigenvalue weighted by Crippen LogP contribution is 2.28. The molecule has 0 bridgehead atoms. The third kappa shape index (κ3) is 2.70. The van der Waals surface area contributed by atoms with Crippen LogP contribution < -0.4 is 0 Å². The lowest BCUT2D eigenvalue weighted by atomic mass is 9.98. The van der Waals surface area contributed by atoms with Crippen LogP contribution in [0.5, 0.6) is 0 Å². The maximum Gasteiger partial charge on any atom is 0.280 e. The number of piperidine rings is 1. The molecule has 6 heteroatoms. The minimum Gasteiger partial charge on any atom is -0.342 e. The molecule has 6 nitrogen and oxygen atoms in total. The first-order valence-electron chi connectivity index (χ1n) is 8.70. The van der Waals surface area contributed by atoms with Crippen LogP contribution in [-0.2, 0) is 4.79 Å². The van der Waals surface area contributed by atoms with Crippen LogP contribution in [0.4, 0.5) is 0 Å². The van der Waals surface area contributed by atoms with Gasteiger partial charge >= 0.3 is 0 Å². The minimum atomic E-state index is -0.305. The summed E-state index contributed by atoms with van der Waals surface area (Å²) in [7, 11) is 0. The van der Waals surface area contributed by atoms with Gasteiger partial charge in [-0.1, -0.05) is 13.8 Å². The molecule has 24 heavy (non-hydrogen) atoms. The number of aromatic nitrogens is 1. The smallest absolute Gasteiger partial charge is 0.280 e. The Bertz CT molecular complexity index is 626. The number of carbonyl (C=O) groups is 3. The molecule has 2 aliphatic heterocycles. The Hall–Kier alpha value is -2.24. The molecule has 0 atom stereocenters. The van der Waals surface area contributed by atoms with Gasteiger partial charge in [-0.05, 0) is 37.8 Å². The molecule has 0 aromatic carbocycles. The highest BCUT2D eigenvalue weighted by atomic mass is 16.2. The van der Waals surface area contributed by atoms with Crippen molar-refractivity contribution in [1.29, 1.82) is 0 Å². The molecule has 128 valence electrons. The molecule has 3 heterocycles. The molecule has 1 aromatic rings. The van der Waals surface area contributed by atoms with Gasteiger partial charge in [0.25, 0.3) is 11.8 Å². The van der Waals surface area contributed by atoms with Gasteiger partial charge in [0.2, 0.25) is 5.91 Å². The summed E-state index contributed by atoms with van der Waals surface area (Å²) in [5.74, 6) is -0.291. The lowest BCUT2D eigenvalue weighted by Gasteiger charge is -2.37. The molecule has 2 aliphatic rings. The Balaban J connectivity index is 1.67. The molecule has 1 fully saturated rings. The summed E-state index contributed by atoms with van der Waals surface area (Å²) in [5.41, 5.74) is 0.635. The summed E-state index contributed by atoms with van der Waals surface area (Å²) in [6.45, 7) is 5.26.